The molecule has 0 aromatic carbocycles. The van der Waals surface area contributed by atoms with E-state index in [2.05, 4.69) is 22.2 Å². The molecule has 2 unspecified atom stereocenters. The molecule has 1 saturated carbocycles. The van der Waals surface area contributed by atoms with Crippen LogP contribution in [0.2, 0.25) is 0 Å². The van der Waals surface area contributed by atoms with Crippen LogP contribution in [0.25, 0.3) is 0 Å². The fraction of sp³-hybridized carbons (Fsp3) is 0.692. The predicted molar refractivity (Wildman–Crippen MR) is 74.9 cm³/mol. The highest BCUT2D eigenvalue weighted by molar-refractivity contribution is 5.61. The van der Waals surface area contributed by atoms with Gasteiger partial charge < -0.3 is 10.1 Å². The van der Waals surface area contributed by atoms with Gasteiger partial charge in [-0.2, -0.15) is 4.98 Å². The van der Waals surface area contributed by atoms with E-state index >= 15 is 0 Å². The first kappa shape index (κ1) is 14.5. The zero-order valence-corrected chi connectivity index (χ0v) is 11.8. The molecule has 0 bridgehead atoms. The van der Waals surface area contributed by atoms with Gasteiger partial charge in [0, 0.05) is 6.04 Å². The van der Waals surface area contributed by atoms with Gasteiger partial charge in [0.25, 0.3) is 5.88 Å². The molecule has 1 aromatic heterocycles. The van der Waals surface area contributed by atoms with Gasteiger partial charge in [0.1, 0.15) is 6.33 Å². The lowest BCUT2D eigenvalue weighted by molar-refractivity contribution is -0.385. The molecular weight excluding hydrogens is 260 g/mol. The molecule has 2 rings (SSSR count). The van der Waals surface area contributed by atoms with Crippen LogP contribution in [0, 0.1) is 16.0 Å². The van der Waals surface area contributed by atoms with Gasteiger partial charge in [0.2, 0.25) is 5.82 Å². The van der Waals surface area contributed by atoms with E-state index in [1.807, 2.05) is 0 Å². The molecule has 1 N–H and O–H groups in total. The molecule has 1 aliphatic carbocycles. The van der Waals surface area contributed by atoms with Crippen LogP contribution in [0.5, 0.6) is 5.88 Å². The van der Waals surface area contributed by atoms with E-state index in [1.54, 1.807) is 6.92 Å². The van der Waals surface area contributed by atoms with Crippen molar-refractivity contribution in [1.82, 2.24) is 9.97 Å². The Morgan fingerprint density at radius 2 is 2.20 bits per heavy atom. The number of anilines is 1. The fourth-order valence-corrected chi connectivity index (χ4v) is 2.58. The number of rotatable bonds is 5. The summed E-state index contributed by atoms with van der Waals surface area (Å²) in [5.41, 5.74) is -0.174. The minimum absolute atomic E-state index is 0.0264. The van der Waals surface area contributed by atoms with Crippen molar-refractivity contribution in [3.05, 3.63) is 16.4 Å². The standard InChI is InChI=1S/C13H20N4O3/c1-3-20-13-11(17(18)19)12(14-8-15-13)16-10-7-5-4-6-9(10)2/h8-10H,3-7H2,1-2H3,(H,14,15,16). The van der Waals surface area contributed by atoms with Crippen molar-refractivity contribution in [3.8, 4) is 5.88 Å². The molecule has 1 fully saturated rings. The average Bonchev–Trinajstić information content (AvgIpc) is 2.41. The molecule has 0 radical (unpaired) electrons. The topological polar surface area (TPSA) is 90.2 Å². The highest BCUT2D eigenvalue weighted by atomic mass is 16.6. The van der Waals surface area contributed by atoms with Crippen molar-refractivity contribution in [2.75, 3.05) is 11.9 Å². The summed E-state index contributed by atoms with van der Waals surface area (Å²) in [4.78, 5) is 18.6. The average molecular weight is 280 g/mol. The predicted octanol–water partition coefficient (Wildman–Crippen LogP) is 2.77. The van der Waals surface area contributed by atoms with E-state index in [0.717, 1.165) is 19.3 Å². The lowest BCUT2D eigenvalue weighted by Gasteiger charge is -2.29. The fourth-order valence-electron chi connectivity index (χ4n) is 2.58. The number of ether oxygens (including phenoxy) is 1. The lowest BCUT2D eigenvalue weighted by atomic mass is 9.86. The van der Waals surface area contributed by atoms with E-state index in [9.17, 15) is 10.1 Å². The minimum atomic E-state index is -0.485. The van der Waals surface area contributed by atoms with E-state index in [4.69, 9.17) is 4.74 Å². The summed E-state index contributed by atoms with van der Waals surface area (Å²) in [5, 5.41) is 14.5. The second kappa shape index (κ2) is 6.49. The van der Waals surface area contributed by atoms with Gasteiger partial charge >= 0.3 is 5.69 Å². The summed E-state index contributed by atoms with van der Waals surface area (Å²) in [7, 11) is 0. The van der Waals surface area contributed by atoms with Crippen molar-refractivity contribution in [2.24, 2.45) is 5.92 Å². The van der Waals surface area contributed by atoms with Crippen LogP contribution in [0.15, 0.2) is 6.33 Å². The molecule has 0 aliphatic heterocycles. The Balaban J connectivity index is 2.26. The second-order valence-corrected chi connectivity index (χ2v) is 5.08. The van der Waals surface area contributed by atoms with Gasteiger partial charge in [0.15, 0.2) is 0 Å². The third-order valence-corrected chi connectivity index (χ3v) is 3.69. The summed E-state index contributed by atoms with van der Waals surface area (Å²) >= 11 is 0. The van der Waals surface area contributed by atoms with E-state index < -0.39 is 4.92 Å². The monoisotopic (exact) mass is 280 g/mol. The molecular formula is C13H20N4O3. The Morgan fingerprint density at radius 1 is 1.45 bits per heavy atom. The Labute approximate surface area is 117 Å². The van der Waals surface area contributed by atoms with Gasteiger partial charge in [-0.25, -0.2) is 4.98 Å². The highest BCUT2D eigenvalue weighted by Gasteiger charge is 2.28. The molecule has 110 valence electrons. The van der Waals surface area contributed by atoms with Gasteiger partial charge in [-0.05, 0) is 25.7 Å². The largest absolute Gasteiger partial charge is 0.473 e. The van der Waals surface area contributed by atoms with Gasteiger partial charge in [-0.1, -0.05) is 19.8 Å². The van der Waals surface area contributed by atoms with Gasteiger partial charge in [-0.15, -0.1) is 0 Å². The Kier molecular flexibility index (Phi) is 4.70. The van der Waals surface area contributed by atoms with Crippen molar-refractivity contribution in [3.63, 3.8) is 0 Å². The summed E-state index contributed by atoms with van der Waals surface area (Å²) in [6, 6.07) is 0.215. The molecule has 0 amide bonds. The van der Waals surface area contributed by atoms with Crippen LogP contribution in [-0.2, 0) is 0 Å². The summed E-state index contributed by atoms with van der Waals surface area (Å²) in [5.74, 6) is 0.763. The number of nitro groups is 1. The first-order valence-electron chi connectivity index (χ1n) is 7.02. The molecule has 1 aromatic rings. The lowest BCUT2D eigenvalue weighted by Crippen LogP contribution is -2.31. The van der Waals surface area contributed by atoms with Crippen LogP contribution in [0.3, 0.4) is 0 Å². The van der Waals surface area contributed by atoms with Crippen molar-refractivity contribution in [1.29, 1.82) is 0 Å². The molecule has 0 saturated heterocycles. The first-order chi connectivity index (χ1) is 9.63. The van der Waals surface area contributed by atoms with Crippen LogP contribution in [0.1, 0.15) is 39.5 Å². The summed E-state index contributed by atoms with van der Waals surface area (Å²) in [6.45, 7) is 4.26. The van der Waals surface area contributed by atoms with Crippen LogP contribution < -0.4 is 10.1 Å². The Hall–Kier alpha value is -1.92. The maximum atomic E-state index is 11.2. The zero-order valence-electron chi connectivity index (χ0n) is 11.8. The maximum Gasteiger partial charge on any atom is 0.372 e. The molecule has 2 atom stereocenters. The van der Waals surface area contributed by atoms with Gasteiger partial charge in [-0.3, -0.25) is 10.1 Å². The zero-order chi connectivity index (χ0) is 14.5. The highest BCUT2D eigenvalue weighted by Crippen LogP contribution is 2.34. The molecule has 0 spiro atoms. The summed E-state index contributed by atoms with van der Waals surface area (Å²) in [6.07, 6.45) is 5.80. The normalized spacial score (nSPS) is 22.3. The number of nitrogens with zero attached hydrogens (tertiary/aromatic N) is 3. The first-order valence-corrected chi connectivity index (χ1v) is 7.02. The smallest absolute Gasteiger partial charge is 0.372 e. The van der Waals surface area contributed by atoms with E-state index in [-0.39, 0.29) is 23.4 Å². The second-order valence-electron chi connectivity index (χ2n) is 5.08. The Morgan fingerprint density at radius 3 is 2.85 bits per heavy atom. The third kappa shape index (κ3) is 3.15. The SMILES string of the molecule is CCOc1ncnc(NC2CCCCC2C)c1[N+](=O)[O-]. The quantitative estimate of drug-likeness (QED) is 0.658. The molecule has 20 heavy (non-hydrogen) atoms. The number of aromatic nitrogens is 2. The molecule has 1 heterocycles. The maximum absolute atomic E-state index is 11.2. The third-order valence-electron chi connectivity index (χ3n) is 3.69. The minimum Gasteiger partial charge on any atom is -0.473 e. The van der Waals surface area contributed by atoms with Crippen molar-refractivity contribution >= 4 is 11.5 Å². The van der Waals surface area contributed by atoms with Crippen molar-refractivity contribution in [2.45, 2.75) is 45.6 Å². The van der Waals surface area contributed by atoms with Crippen LogP contribution >= 0.6 is 0 Å². The summed E-state index contributed by atoms with van der Waals surface area (Å²) < 4.78 is 5.22. The number of hydrogen-bond acceptors (Lipinski definition) is 6. The molecule has 7 heteroatoms. The number of hydrogen-bond donors (Lipinski definition) is 1. The van der Waals surface area contributed by atoms with E-state index in [0.29, 0.717) is 12.5 Å². The van der Waals surface area contributed by atoms with Crippen LogP contribution in [0.4, 0.5) is 11.5 Å². The van der Waals surface area contributed by atoms with Crippen molar-refractivity contribution < 1.29 is 9.66 Å². The van der Waals surface area contributed by atoms with Gasteiger partial charge in [0.05, 0.1) is 11.5 Å². The molecule has 1 aliphatic rings. The van der Waals surface area contributed by atoms with E-state index in [1.165, 1.54) is 12.7 Å². The molecule has 7 nitrogen and oxygen atoms in total. The van der Waals surface area contributed by atoms with Crippen LogP contribution in [-0.4, -0.2) is 27.5 Å². The Bertz CT molecular complexity index is 481. The number of nitrogens with one attached hydrogen (secondary N) is 1.